The van der Waals surface area contributed by atoms with Crippen molar-refractivity contribution in [2.75, 3.05) is 0 Å². The summed E-state index contributed by atoms with van der Waals surface area (Å²) < 4.78 is 0. The van der Waals surface area contributed by atoms with Gasteiger partial charge in [-0.3, -0.25) is 4.79 Å². The normalized spacial score (nSPS) is 13.9. The van der Waals surface area contributed by atoms with Gasteiger partial charge >= 0.3 is 5.97 Å². The minimum atomic E-state index is -2.02. The second kappa shape index (κ2) is 6.72. The van der Waals surface area contributed by atoms with Gasteiger partial charge in [0.25, 0.3) is 5.09 Å². The van der Waals surface area contributed by atoms with E-state index in [2.05, 4.69) is 4.84 Å². The van der Waals surface area contributed by atoms with E-state index in [0.717, 1.165) is 0 Å². The second-order valence-corrected chi connectivity index (χ2v) is 3.24. The van der Waals surface area contributed by atoms with E-state index in [0.29, 0.717) is 0 Å². The minimum Gasteiger partial charge on any atom is -0.479 e. The standard InChI is InChI=1S/C8H13NO7/c1-5(16-9(14)15)3-2-4-6(10)7(11)8(12)13/h5,7,11H,2-4H2,1H3,(H,12,13). The van der Waals surface area contributed by atoms with E-state index in [1.807, 2.05) is 0 Å². The maximum Gasteiger partial charge on any atom is 0.340 e. The highest BCUT2D eigenvalue weighted by Gasteiger charge is 2.22. The summed E-state index contributed by atoms with van der Waals surface area (Å²) in [5, 5.41) is 26.1. The zero-order chi connectivity index (χ0) is 12.7. The van der Waals surface area contributed by atoms with E-state index < -0.39 is 29.0 Å². The van der Waals surface area contributed by atoms with E-state index in [9.17, 15) is 19.7 Å². The topological polar surface area (TPSA) is 127 Å². The monoisotopic (exact) mass is 235 g/mol. The van der Waals surface area contributed by atoms with Crippen LogP contribution in [0.4, 0.5) is 0 Å². The van der Waals surface area contributed by atoms with Gasteiger partial charge in [0.15, 0.2) is 5.78 Å². The van der Waals surface area contributed by atoms with Crippen molar-refractivity contribution in [3.63, 3.8) is 0 Å². The Morgan fingerprint density at radius 1 is 1.50 bits per heavy atom. The Labute approximate surface area is 90.9 Å². The van der Waals surface area contributed by atoms with Crippen LogP contribution in [0.2, 0.25) is 0 Å². The number of carbonyl (C=O) groups excluding carboxylic acids is 1. The van der Waals surface area contributed by atoms with Crippen molar-refractivity contribution < 1.29 is 29.7 Å². The molecule has 0 saturated heterocycles. The van der Waals surface area contributed by atoms with Gasteiger partial charge in [-0.15, -0.1) is 10.1 Å². The Hall–Kier alpha value is -1.70. The summed E-state index contributed by atoms with van der Waals surface area (Å²) in [4.78, 5) is 35.3. The Bertz CT molecular complexity index is 278. The van der Waals surface area contributed by atoms with Crippen LogP contribution in [0.15, 0.2) is 0 Å². The van der Waals surface area contributed by atoms with Crippen LogP contribution in [0.5, 0.6) is 0 Å². The number of hydrogen-bond acceptors (Lipinski definition) is 6. The largest absolute Gasteiger partial charge is 0.479 e. The number of carbonyl (C=O) groups is 2. The number of Topliss-reactive ketones (excluding diaryl/α,β-unsaturated/α-hetero) is 1. The number of hydrogen-bond donors (Lipinski definition) is 2. The predicted molar refractivity (Wildman–Crippen MR) is 50.0 cm³/mol. The molecule has 0 rings (SSSR count). The highest BCUT2D eigenvalue weighted by Crippen LogP contribution is 2.06. The smallest absolute Gasteiger partial charge is 0.340 e. The molecule has 2 N–H and O–H groups in total. The molecule has 0 aromatic heterocycles. The van der Waals surface area contributed by atoms with Crippen molar-refractivity contribution >= 4 is 11.8 Å². The van der Waals surface area contributed by atoms with Crippen LogP contribution in [0.1, 0.15) is 26.2 Å². The van der Waals surface area contributed by atoms with Crippen LogP contribution in [-0.2, 0) is 14.4 Å². The Morgan fingerprint density at radius 2 is 2.06 bits per heavy atom. The van der Waals surface area contributed by atoms with Crippen LogP contribution in [-0.4, -0.2) is 39.3 Å². The molecular weight excluding hydrogens is 222 g/mol. The van der Waals surface area contributed by atoms with E-state index in [1.54, 1.807) is 0 Å². The van der Waals surface area contributed by atoms with E-state index >= 15 is 0 Å². The highest BCUT2D eigenvalue weighted by molar-refractivity contribution is 6.00. The molecule has 16 heavy (non-hydrogen) atoms. The SMILES string of the molecule is CC(CCCC(=O)C(O)C(=O)O)O[N+](=O)[O-]. The van der Waals surface area contributed by atoms with Crippen LogP contribution < -0.4 is 0 Å². The number of ketones is 1. The van der Waals surface area contributed by atoms with Gasteiger partial charge in [-0.05, 0) is 19.8 Å². The third-order valence-corrected chi connectivity index (χ3v) is 1.84. The lowest BCUT2D eigenvalue weighted by Gasteiger charge is -2.08. The Kier molecular flexibility index (Phi) is 6.01. The van der Waals surface area contributed by atoms with Crippen molar-refractivity contribution in [2.45, 2.75) is 38.4 Å². The van der Waals surface area contributed by atoms with E-state index in [-0.39, 0.29) is 19.3 Å². The first-order chi connectivity index (χ1) is 7.34. The average molecular weight is 235 g/mol. The molecular formula is C8H13NO7. The molecule has 0 aromatic rings. The van der Waals surface area contributed by atoms with Gasteiger partial charge in [0, 0.05) is 6.42 Å². The molecule has 0 aliphatic heterocycles. The lowest BCUT2D eigenvalue weighted by molar-refractivity contribution is -0.767. The summed E-state index contributed by atoms with van der Waals surface area (Å²) >= 11 is 0. The molecule has 0 radical (unpaired) electrons. The number of carboxylic acids is 1. The van der Waals surface area contributed by atoms with Gasteiger partial charge in [0.05, 0.1) is 0 Å². The molecule has 0 saturated carbocycles. The molecule has 0 bridgehead atoms. The first-order valence-electron chi connectivity index (χ1n) is 4.59. The van der Waals surface area contributed by atoms with Crippen molar-refractivity contribution in [2.24, 2.45) is 0 Å². The number of nitrogens with zero attached hydrogens (tertiary/aromatic N) is 1. The maximum absolute atomic E-state index is 11.0. The van der Waals surface area contributed by atoms with Gasteiger partial charge in [0.2, 0.25) is 6.10 Å². The number of rotatable bonds is 8. The quantitative estimate of drug-likeness (QED) is 0.338. The van der Waals surface area contributed by atoms with Gasteiger partial charge < -0.3 is 15.1 Å². The zero-order valence-electron chi connectivity index (χ0n) is 8.66. The Morgan fingerprint density at radius 3 is 2.50 bits per heavy atom. The van der Waals surface area contributed by atoms with Crippen molar-refractivity contribution in [3.8, 4) is 0 Å². The molecule has 0 aromatic carbocycles. The van der Waals surface area contributed by atoms with Crippen molar-refractivity contribution in [1.82, 2.24) is 0 Å². The molecule has 0 spiro atoms. The van der Waals surface area contributed by atoms with Gasteiger partial charge in [-0.2, -0.15) is 0 Å². The maximum atomic E-state index is 11.0. The summed E-state index contributed by atoms with van der Waals surface area (Å²) in [5.41, 5.74) is 0. The number of aliphatic hydroxyl groups is 1. The average Bonchev–Trinajstić information content (AvgIpc) is 2.14. The highest BCUT2D eigenvalue weighted by atomic mass is 17.0. The molecule has 0 amide bonds. The molecule has 8 nitrogen and oxygen atoms in total. The fourth-order valence-electron chi connectivity index (χ4n) is 1.04. The molecule has 0 aliphatic rings. The number of aliphatic carboxylic acids is 1. The molecule has 2 atom stereocenters. The van der Waals surface area contributed by atoms with Crippen LogP contribution in [0, 0.1) is 10.1 Å². The first kappa shape index (κ1) is 14.3. The first-order valence-corrected chi connectivity index (χ1v) is 4.59. The lowest BCUT2D eigenvalue weighted by atomic mass is 10.1. The number of carboxylic acid groups (broad SMARTS) is 1. The summed E-state index contributed by atoms with van der Waals surface area (Å²) in [7, 11) is 0. The fraction of sp³-hybridized carbons (Fsp3) is 0.750. The molecule has 92 valence electrons. The summed E-state index contributed by atoms with van der Waals surface area (Å²) in [5.74, 6) is -2.42. The van der Waals surface area contributed by atoms with Gasteiger partial charge in [-0.25, -0.2) is 4.79 Å². The van der Waals surface area contributed by atoms with Crippen molar-refractivity contribution in [3.05, 3.63) is 10.1 Å². The van der Waals surface area contributed by atoms with Crippen LogP contribution in [0.25, 0.3) is 0 Å². The zero-order valence-corrected chi connectivity index (χ0v) is 8.66. The minimum absolute atomic E-state index is 0.154. The lowest BCUT2D eigenvalue weighted by Crippen LogP contribution is -2.29. The summed E-state index contributed by atoms with van der Waals surface area (Å²) in [6.45, 7) is 1.46. The Balaban J connectivity index is 3.77. The van der Waals surface area contributed by atoms with Crippen LogP contribution in [0.3, 0.4) is 0 Å². The number of aliphatic hydroxyl groups excluding tert-OH is 1. The second-order valence-electron chi connectivity index (χ2n) is 3.24. The van der Waals surface area contributed by atoms with Crippen LogP contribution >= 0.6 is 0 Å². The van der Waals surface area contributed by atoms with Crippen molar-refractivity contribution in [1.29, 1.82) is 0 Å². The fourth-order valence-corrected chi connectivity index (χ4v) is 1.04. The van der Waals surface area contributed by atoms with E-state index in [1.165, 1.54) is 6.92 Å². The molecule has 0 aliphatic carbocycles. The van der Waals surface area contributed by atoms with E-state index in [4.69, 9.17) is 10.2 Å². The summed E-state index contributed by atoms with van der Waals surface area (Å²) in [6, 6.07) is 0. The van der Waals surface area contributed by atoms with Gasteiger partial charge in [0.1, 0.15) is 6.10 Å². The molecule has 8 heteroatoms. The third kappa shape index (κ3) is 5.91. The summed E-state index contributed by atoms with van der Waals surface area (Å²) in [6.07, 6.45) is -2.38. The molecule has 0 heterocycles. The predicted octanol–water partition coefficient (Wildman–Crippen LogP) is -0.232. The third-order valence-electron chi connectivity index (χ3n) is 1.84. The molecule has 2 unspecified atom stereocenters. The molecule has 0 fully saturated rings. The van der Waals surface area contributed by atoms with Gasteiger partial charge in [-0.1, -0.05) is 0 Å².